The normalized spacial score (nSPS) is 32.2. The molecule has 1 spiro atoms. The first-order valence-corrected chi connectivity index (χ1v) is 11.2. The molecule has 7 heteroatoms. The third kappa shape index (κ3) is 1.63. The molecule has 2 aliphatic carbocycles. The number of nitrogens with zero attached hydrogens (tertiary/aromatic N) is 1. The first kappa shape index (κ1) is 17.4. The Labute approximate surface area is 183 Å². The molecule has 2 aromatic carbocycles. The molecule has 1 aromatic heterocycles. The van der Waals surface area contributed by atoms with E-state index in [2.05, 4.69) is 16.7 Å². The Bertz CT molecular complexity index is 1420. The van der Waals surface area contributed by atoms with E-state index in [1.165, 1.54) is 5.56 Å². The van der Waals surface area contributed by atoms with Crippen LogP contribution < -0.4 is 20.1 Å². The second-order valence-corrected chi connectivity index (χ2v) is 9.67. The van der Waals surface area contributed by atoms with Crippen molar-refractivity contribution >= 4 is 22.5 Å². The van der Waals surface area contributed by atoms with E-state index in [-0.39, 0.29) is 11.9 Å². The van der Waals surface area contributed by atoms with Crippen molar-refractivity contribution in [1.29, 1.82) is 0 Å². The minimum absolute atomic E-state index is 0.0995. The van der Waals surface area contributed by atoms with Gasteiger partial charge in [0.15, 0.2) is 17.6 Å². The lowest BCUT2D eigenvalue weighted by molar-refractivity contribution is -0.134. The summed E-state index contributed by atoms with van der Waals surface area (Å²) in [4.78, 5) is 17.8. The maximum atomic E-state index is 12.7. The van der Waals surface area contributed by atoms with E-state index in [0.29, 0.717) is 17.7 Å². The van der Waals surface area contributed by atoms with Crippen molar-refractivity contribution in [2.75, 3.05) is 19.0 Å². The van der Waals surface area contributed by atoms with Gasteiger partial charge in [0.2, 0.25) is 0 Å². The third-order valence-corrected chi connectivity index (χ3v) is 8.56. The van der Waals surface area contributed by atoms with Crippen molar-refractivity contribution < 1.29 is 19.4 Å². The molecular formula is C25H21N3O4. The number of methoxy groups -OCH3 is 1. The highest BCUT2D eigenvalue weighted by Crippen LogP contribution is 2.68. The van der Waals surface area contributed by atoms with E-state index in [1.54, 1.807) is 7.11 Å². The summed E-state index contributed by atoms with van der Waals surface area (Å²) in [6, 6.07) is 9.62. The number of aliphatic hydroxyl groups is 1. The number of carbonyl (C=O) groups excluding carboxylic acids is 1. The molecule has 3 aromatic rings. The summed E-state index contributed by atoms with van der Waals surface area (Å²) < 4.78 is 12.4. The van der Waals surface area contributed by atoms with Crippen LogP contribution in [0, 0.1) is 0 Å². The summed E-state index contributed by atoms with van der Waals surface area (Å²) in [5.74, 6) is 1.31. The first-order chi connectivity index (χ1) is 15.6. The van der Waals surface area contributed by atoms with Crippen molar-refractivity contribution in [3.8, 4) is 11.5 Å². The van der Waals surface area contributed by atoms with Gasteiger partial charge >= 0.3 is 0 Å². The Morgan fingerprint density at radius 1 is 1.28 bits per heavy atom. The van der Waals surface area contributed by atoms with E-state index in [1.807, 2.05) is 24.3 Å². The Morgan fingerprint density at radius 2 is 2.19 bits per heavy atom. The SMILES string of the molecule is COc1ccc2c3c1OC1c4nc5cccc6c5c(c4CC4(O)[C@@H](C2)NCC[C@]314)NC6=O. The second kappa shape index (κ2) is 5.24. The van der Waals surface area contributed by atoms with Gasteiger partial charge in [-0.3, -0.25) is 4.79 Å². The van der Waals surface area contributed by atoms with Crippen molar-refractivity contribution in [1.82, 2.24) is 10.3 Å². The number of aromatic nitrogens is 1. The van der Waals surface area contributed by atoms with E-state index in [0.717, 1.165) is 58.5 Å². The molecule has 4 heterocycles. The zero-order valence-corrected chi connectivity index (χ0v) is 17.5. The molecule has 160 valence electrons. The van der Waals surface area contributed by atoms with Gasteiger partial charge in [-0.05, 0) is 43.1 Å². The maximum absolute atomic E-state index is 12.7. The number of hydrogen-bond donors (Lipinski definition) is 3. The topological polar surface area (TPSA) is 92.7 Å². The molecule has 32 heavy (non-hydrogen) atoms. The highest BCUT2D eigenvalue weighted by Gasteiger charge is 2.72. The number of benzene rings is 2. The van der Waals surface area contributed by atoms with Crippen LogP contribution in [0.3, 0.4) is 0 Å². The van der Waals surface area contributed by atoms with E-state index < -0.39 is 17.1 Å². The number of fused-ring (bicyclic) bond motifs is 3. The van der Waals surface area contributed by atoms with E-state index >= 15 is 0 Å². The Morgan fingerprint density at radius 3 is 3.06 bits per heavy atom. The number of rotatable bonds is 1. The molecule has 7 nitrogen and oxygen atoms in total. The predicted molar refractivity (Wildman–Crippen MR) is 117 cm³/mol. The second-order valence-electron chi connectivity index (χ2n) is 9.67. The van der Waals surface area contributed by atoms with Gasteiger partial charge in [-0.15, -0.1) is 0 Å². The lowest BCUT2D eigenvalue weighted by atomic mass is 9.49. The van der Waals surface area contributed by atoms with Crippen LogP contribution in [0.1, 0.15) is 45.3 Å². The Balaban J connectivity index is 1.49. The van der Waals surface area contributed by atoms with Crippen LogP contribution in [0.25, 0.3) is 10.9 Å². The van der Waals surface area contributed by atoms with Crippen molar-refractivity contribution in [2.24, 2.45) is 0 Å². The van der Waals surface area contributed by atoms with Gasteiger partial charge in [0.1, 0.15) is 0 Å². The van der Waals surface area contributed by atoms with Gasteiger partial charge in [0, 0.05) is 29.0 Å². The Kier molecular flexibility index (Phi) is 2.85. The lowest BCUT2D eigenvalue weighted by Gasteiger charge is -2.60. The number of piperidine rings is 1. The van der Waals surface area contributed by atoms with Crippen molar-refractivity contribution in [3.63, 3.8) is 0 Å². The van der Waals surface area contributed by atoms with Crippen LogP contribution in [-0.4, -0.2) is 41.3 Å². The van der Waals surface area contributed by atoms with Crippen molar-refractivity contribution in [3.05, 3.63) is 58.3 Å². The average molecular weight is 427 g/mol. The van der Waals surface area contributed by atoms with Gasteiger partial charge in [-0.2, -0.15) is 0 Å². The average Bonchev–Trinajstić information content (AvgIpc) is 3.30. The molecule has 8 rings (SSSR count). The van der Waals surface area contributed by atoms with E-state index in [4.69, 9.17) is 14.5 Å². The fraction of sp³-hybridized carbons (Fsp3) is 0.360. The minimum Gasteiger partial charge on any atom is -0.493 e. The number of amides is 1. The zero-order chi connectivity index (χ0) is 21.4. The summed E-state index contributed by atoms with van der Waals surface area (Å²) in [5, 5.41) is 20.0. The van der Waals surface area contributed by atoms with Gasteiger partial charge in [-0.1, -0.05) is 12.1 Å². The summed E-state index contributed by atoms with van der Waals surface area (Å²) in [6.07, 6.45) is 1.46. The molecule has 4 atom stereocenters. The van der Waals surface area contributed by atoms with Crippen LogP contribution in [0.4, 0.5) is 5.69 Å². The summed E-state index contributed by atoms with van der Waals surface area (Å²) in [7, 11) is 1.65. The predicted octanol–water partition coefficient (Wildman–Crippen LogP) is 2.39. The number of anilines is 1. The standard InChI is InChI=1S/C25H21N3O4/c1-31-15-6-5-11-9-16-25(30)10-13-19-17-12(23(29)28-19)3-2-4-14(17)27-20(13)22-24(25,7-8-26-16)18(11)21(15)32-22/h2-6,16,22,26,30H,7-10H2,1H3,(H,28,29)/t16-,22?,24+,25?/m1/s1. The highest BCUT2D eigenvalue weighted by atomic mass is 16.5. The summed E-state index contributed by atoms with van der Waals surface area (Å²) in [5.41, 5.74) is 4.56. The fourth-order valence-electron chi connectivity index (χ4n) is 7.31. The molecule has 2 unspecified atom stereocenters. The highest BCUT2D eigenvalue weighted by molar-refractivity contribution is 6.24. The molecule has 3 N–H and O–H groups in total. The number of nitrogens with one attached hydrogen (secondary N) is 2. The van der Waals surface area contributed by atoms with Crippen LogP contribution >= 0.6 is 0 Å². The number of hydrogen-bond acceptors (Lipinski definition) is 6. The summed E-state index contributed by atoms with van der Waals surface area (Å²) in [6.45, 7) is 0.805. The molecule has 0 saturated carbocycles. The van der Waals surface area contributed by atoms with Crippen LogP contribution in [0.5, 0.6) is 11.5 Å². The monoisotopic (exact) mass is 427 g/mol. The van der Waals surface area contributed by atoms with Crippen molar-refractivity contribution in [2.45, 2.75) is 42.4 Å². The molecule has 2 bridgehead atoms. The Hall–Kier alpha value is -3.16. The molecule has 3 aliphatic heterocycles. The molecule has 5 aliphatic rings. The molecule has 1 amide bonds. The molecular weight excluding hydrogens is 406 g/mol. The fourth-order valence-corrected chi connectivity index (χ4v) is 7.31. The molecule has 1 fully saturated rings. The molecule has 1 saturated heterocycles. The van der Waals surface area contributed by atoms with Crippen LogP contribution in [0.15, 0.2) is 30.3 Å². The van der Waals surface area contributed by atoms with Gasteiger partial charge in [0.25, 0.3) is 5.91 Å². The van der Waals surface area contributed by atoms with Crippen LogP contribution in [0.2, 0.25) is 0 Å². The first-order valence-electron chi connectivity index (χ1n) is 11.2. The van der Waals surface area contributed by atoms with Gasteiger partial charge < -0.3 is 25.2 Å². The smallest absolute Gasteiger partial charge is 0.256 e. The number of carbonyl (C=O) groups is 1. The van der Waals surface area contributed by atoms with Gasteiger partial charge in [0.05, 0.1) is 40.6 Å². The maximum Gasteiger partial charge on any atom is 0.256 e. The molecule has 0 radical (unpaired) electrons. The zero-order valence-electron chi connectivity index (χ0n) is 17.5. The lowest BCUT2D eigenvalue weighted by Crippen LogP contribution is -2.74. The van der Waals surface area contributed by atoms with Gasteiger partial charge in [-0.25, -0.2) is 4.98 Å². The summed E-state index contributed by atoms with van der Waals surface area (Å²) >= 11 is 0. The minimum atomic E-state index is -1.05. The third-order valence-electron chi connectivity index (χ3n) is 8.56. The quantitative estimate of drug-likeness (QED) is 0.552. The van der Waals surface area contributed by atoms with Crippen LogP contribution in [-0.2, 0) is 18.3 Å². The number of ether oxygens (including phenoxy) is 2. The van der Waals surface area contributed by atoms with E-state index in [9.17, 15) is 9.90 Å². The largest absolute Gasteiger partial charge is 0.493 e. The number of pyridine rings is 1.